The summed E-state index contributed by atoms with van der Waals surface area (Å²) in [5, 5.41) is 0. The smallest absolute Gasteiger partial charge is 0.0710 e. The monoisotopic (exact) mass is 226 g/mol. The van der Waals surface area contributed by atoms with E-state index < -0.39 is 0 Å². The number of hydrogen-bond acceptors (Lipinski definition) is 3. The van der Waals surface area contributed by atoms with Crippen molar-refractivity contribution < 1.29 is 4.74 Å². The first-order valence-corrected chi connectivity index (χ1v) is 6.82. The van der Waals surface area contributed by atoms with Crippen LogP contribution in [0.15, 0.2) is 0 Å². The van der Waals surface area contributed by atoms with Crippen LogP contribution in [-0.4, -0.2) is 43.8 Å². The van der Waals surface area contributed by atoms with Gasteiger partial charge >= 0.3 is 0 Å². The molecule has 0 bridgehead atoms. The van der Waals surface area contributed by atoms with Gasteiger partial charge in [0.05, 0.1) is 6.10 Å². The topological polar surface area (TPSA) is 38.5 Å². The molecule has 1 saturated carbocycles. The first kappa shape index (κ1) is 12.3. The van der Waals surface area contributed by atoms with Crippen LogP contribution in [0.25, 0.3) is 0 Å². The molecular weight excluding hydrogens is 200 g/mol. The van der Waals surface area contributed by atoms with Crippen LogP contribution in [-0.2, 0) is 4.74 Å². The van der Waals surface area contributed by atoms with Crippen LogP contribution in [0.4, 0.5) is 0 Å². The van der Waals surface area contributed by atoms with Gasteiger partial charge in [-0.1, -0.05) is 19.3 Å². The van der Waals surface area contributed by atoms with Crippen molar-refractivity contribution in [2.24, 2.45) is 11.7 Å². The molecular formula is C13H26N2O. The highest BCUT2D eigenvalue weighted by molar-refractivity contribution is 4.87. The molecule has 2 N–H and O–H groups in total. The predicted molar refractivity (Wildman–Crippen MR) is 66.4 cm³/mol. The molecule has 2 unspecified atom stereocenters. The molecule has 1 saturated heterocycles. The van der Waals surface area contributed by atoms with Gasteiger partial charge in [0, 0.05) is 32.8 Å². The summed E-state index contributed by atoms with van der Waals surface area (Å²) in [6.07, 6.45) is 8.63. The summed E-state index contributed by atoms with van der Waals surface area (Å²) < 4.78 is 5.44. The maximum atomic E-state index is 5.99. The number of likely N-dealkylation sites (tertiary alicyclic amines) is 1. The normalized spacial score (nSPS) is 30.8. The minimum Gasteiger partial charge on any atom is -0.380 e. The zero-order chi connectivity index (χ0) is 11.4. The zero-order valence-electron chi connectivity index (χ0n) is 10.5. The Morgan fingerprint density at radius 3 is 2.56 bits per heavy atom. The van der Waals surface area contributed by atoms with Crippen LogP contribution in [0.1, 0.15) is 38.5 Å². The molecule has 0 aromatic rings. The molecule has 0 amide bonds. The van der Waals surface area contributed by atoms with Gasteiger partial charge in [-0.05, 0) is 25.2 Å². The maximum absolute atomic E-state index is 5.99. The molecule has 16 heavy (non-hydrogen) atoms. The third-order valence-corrected chi connectivity index (χ3v) is 4.41. The minimum absolute atomic E-state index is 0.442. The molecule has 1 aliphatic carbocycles. The number of nitrogens with zero attached hydrogens (tertiary/aromatic N) is 1. The molecule has 2 rings (SSSR count). The number of rotatable bonds is 4. The molecule has 0 radical (unpaired) electrons. The summed E-state index contributed by atoms with van der Waals surface area (Å²) in [6, 6.07) is 0.612. The Kier molecular flexibility index (Phi) is 4.62. The Hall–Kier alpha value is -0.120. The quantitative estimate of drug-likeness (QED) is 0.791. The van der Waals surface area contributed by atoms with Crippen molar-refractivity contribution in [3.63, 3.8) is 0 Å². The average molecular weight is 226 g/mol. The van der Waals surface area contributed by atoms with E-state index in [1.54, 1.807) is 0 Å². The van der Waals surface area contributed by atoms with Crippen molar-refractivity contribution in [3.8, 4) is 0 Å². The molecule has 0 aromatic heterocycles. The van der Waals surface area contributed by atoms with E-state index in [4.69, 9.17) is 10.5 Å². The van der Waals surface area contributed by atoms with Crippen molar-refractivity contribution in [1.82, 2.24) is 4.90 Å². The molecule has 1 heterocycles. The van der Waals surface area contributed by atoms with E-state index in [0.717, 1.165) is 19.0 Å². The van der Waals surface area contributed by atoms with Crippen molar-refractivity contribution in [3.05, 3.63) is 0 Å². The Morgan fingerprint density at radius 1 is 1.25 bits per heavy atom. The minimum atomic E-state index is 0.442. The summed E-state index contributed by atoms with van der Waals surface area (Å²) in [7, 11) is 1.83. The van der Waals surface area contributed by atoms with Crippen LogP contribution in [0.3, 0.4) is 0 Å². The van der Waals surface area contributed by atoms with Gasteiger partial charge in [0.25, 0.3) is 0 Å². The molecule has 2 fully saturated rings. The van der Waals surface area contributed by atoms with Gasteiger partial charge < -0.3 is 10.5 Å². The van der Waals surface area contributed by atoms with Crippen LogP contribution >= 0.6 is 0 Å². The third-order valence-electron chi connectivity index (χ3n) is 4.41. The Morgan fingerprint density at radius 2 is 2.00 bits per heavy atom. The zero-order valence-corrected chi connectivity index (χ0v) is 10.5. The van der Waals surface area contributed by atoms with Gasteiger partial charge in [-0.15, -0.1) is 0 Å². The van der Waals surface area contributed by atoms with E-state index in [9.17, 15) is 0 Å². The third kappa shape index (κ3) is 2.76. The van der Waals surface area contributed by atoms with Crippen LogP contribution in [0.5, 0.6) is 0 Å². The van der Waals surface area contributed by atoms with Gasteiger partial charge in [-0.2, -0.15) is 0 Å². The molecule has 3 nitrogen and oxygen atoms in total. The molecule has 94 valence electrons. The predicted octanol–water partition coefficient (Wildman–Crippen LogP) is 1.61. The molecule has 2 atom stereocenters. The summed E-state index contributed by atoms with van der Waals surface area (Å²) in [4.78, 5) is 2.57. The van der Waals surface area contributed by atoms with E-state index in [2.05, 4.69) is 4.90 Å². The number of nitrogens with two attached hydrogens (primary N) is 1. The van der Waals surface area contributed by atoms with E-state index in [0.29, 0.717) is 12.1 Å². The lowest BCUT2D eigenvalue weighted by molar-refractivity contribution is 0.0873. The van der Waals surface area contributed by atoms with Crippen LogP contribution < -0.4 is 5.73 Å². The second-order valence-corrected chi connectivity index (χ2v) is 5.34. The molecule has 0 aromatic carbocycles. The summed E-state index contributed by atoms with van der Waals surface area (Å²) >= 11 is 0. The van der Waals surface area contributed by atoms with Crippen molar-refractivity contribution in [2.75, 3.05) is 26.7 Å². The molecule has 2 aliphatic rings. The van der Waals surface area contributed by atoms with E-state index in [1.807, 2.05) is 7.11 Å². The highest BCUT2D eigenvalue weighted by Gasteiger charge is 2.32. The molecule has 0 spiro atoms. The number of hydrogen-bond donors (Lipinski definition) is 1. The number of methoxy groups -OCH3 is 1. The van der Waals surface area contributed by atoms with Crippen molar-refractivity contribution in [2.45, 2.75) is 50.7 Å². The number of ether oxygens (including phenoxy) is 1. The van der Waals surface area contributed by atoms with Gasteiger partial charge in [0.1, 0.15) is 0 Å². The maximum Gasteiger partial charge on any atom is 0.0710 e. The van der Waals surface area contributed by atoms with Gasteiger partial charge in [0.15, 0.2) is 0 Å². The Bertz CT molecular complexity index is 204. The van der Waals surface area contributed by atoms with Crippen LogP contribution in [0, 0.1) is 5.92 Å². The van der Waals surface area contributed by atoms with Gasteiger partial charge in [0.2, 0.25) is 0 Å². The second-order valence-electron chi connectivity index (χ2n) is 5.34. The van der Waals surface area contributed by atoms with Crippen molar-refractivity contribution >= 4 is 0 Å². The fourth-order valence-corrected chi connectivity index (χ4v) is 3.41. The van der Waals surface area contributed by atoms with E-state index in [-0.39, 0.29) is 0 Å². The first-order valence-electron chi connectivity index (χ1n) is 6.82. The highest BCUT2D eigenvalue weighted by atomic mass is 16.5. The van der Waals surface area contributed by atoms with Gasteiger partial charge in [-0.3, -0.25) is 4.90 Å². The summed E-state index contributed by atoms with van der Waals surface area (Å²) in [5.74, 6) is 0.842. The van der Waals surface area contributed by atoms with E-state index >= 15 is 0 Å². The van der Waals surface area contributed by atoms with Crippen molar-refractivity contribution in [1.29, 1.82) is 0 Å². The van der Waals surface area contributed by atoms with E-state index in [1.165, 1.54) is 45.1 Å². The fraction of sp³-hybridized carbons (Fsp3) is 1.00. The lowest BCUT2D eigenvalue weighted by Crippen LogP contribution is -2.45. The lowest BCUT2D eigenvalue weighted by Gasteiger charge is -2.36. The second kappa shape index (κ2) is 5.99. The standard InChI is InChI=1S/C13H26N2O/c1-16-12-7-8-15(10-12)13(9-14)11-5-3-2-4-6-11/h11-13H,2-10,14H2,1H3. The highest BCUT2D eigenvalue weighted by Crippen LogP contribution is 2.30. The summed E-state index contributed by atoms with van der Waals surface area (Å²) in [5.41, 5.74) is 5.99. The van der Waals surface area contributed by atoms with Crippen LogP contribution in [0.2, 0.25) is 0 Å². The molecule has 1 aliphatic heterocycles. The summed E-state index contributed by atoms with van der Waals surface area (Å²) in [6.45, 7) is 3.09. The fourth-order valence-electron chi connectivity index (χ4n) is 3.41. The molecule has 3 heteroatoms. The van der Waals surface area contributed by atoms with Gasteiger partial charge in [-0.25, -0.2) is 0 Å². The first-order chi connectivity index (χ1) is 7.85. The largest absolute Gasteiger partial charge is 0.380 e. The lowest BCUT2D eigenvalue weighted by atomic mass is 9.83. The average Bonchev–Trinajstić information content (AvgIpc) is 2.80. The SMILES string of the molecule is COC1CCN(C(CN)C2CCCCC2)C1. The Labute approximate surface area is 99.3 Å². The Balaban J connectivity index is 1.88.